The molecule has 3 amide bonds. The maximum Gasteiger partial charge on any atom is 0.321 e. The Morgan fingerprint density at radius 3 is 2.65 bits per heavy atom. The highest BCUT2D eigenvalue weighted by molar-refractivity contribution is 6.04. The lowest BCUT2D eigenvalue weighted by Crippen LogP contribution is -2.45. The Kier molecular flexibility index (Phi) is 5.64. The van der Waals surface area contributed by atoms with E-state index in [1.165, 1.54) is 24.3 Å². The van der Waals surface area contributed by atoms with Gasteiger partial charge < -0.3 is 5.32 Å². The Morgan fingerprint density at radius 1 is 1.35 bits per heavy atom. The first-order chi connectivity index (χ1) is 11.0. The zero-order valence-electron chi connectivity index (χ0n) is 12.9. The van der Waals surface area contributed by atoms with Crippen molar-refractivity contribution in [1.82, 2.24) is 15.5 Å². The Labute approximate surface area is 134 Å². The Bertz CT molecular complexity index is 588. The number of nitrogens with one attached hydrogen (secondary N) is 2. The van der Waals surface area contributed by atoms with E-state index in [4.69, 9.17) is 0 Å². The second-order valence-electron chi connectivity index (χ2n) is 5.39. The van der Waals surface area contributed by atoms with E-state index in [9.17, 15) is 19.7 Å². The lowest BCUT2D eigenvalue weighted by atomic mass is 10.2. The number of likely N-dealkylation sites (tertiary alicyclic amines) is 1. The summed E-state index contributed by atoms with van der Waals surface area (Å²) in [6, 6.07) is 4.83. The zero-order chi connectivity index (χ0) is 16.8. The zero-order valence-corrected chi connectivity index (χ0v) is 12.9. The summed E-state index contributed by atoms with van der Waals surface area (Å²) in [5, 5.41) is 15.5. The molecule has 8 heteroatoms. The van der Waals surface area contributed by atoms with E-state index < -0.39 is 16.9 Å². The fourth-order valence-electron chi connectivity index (χ4n) is 2.71. The maximum absolute atomic E-state index is 11.9. The Morgan fingerprint density at radius 2 is 2.04 bits per heavy atom. The molecule has 1 aromatic rings. The number of nitro benzene ring substituents is 1. The van der Waals surface area contributed by atoms with Gasteiger partial charge in [-0.15, -0.1) is 0 Å². The fourth-order valence-corrected chi connectivity index (χ4v) is 2.71. The smallest absolute Gasteiger partial charge is 0.321 e. The summed E-state index contributed by atoms with van der Waals surface area (Å²) in [5.74, 6) is -0.587. The number of hydrogen-bond donors (Lipinski definition) is 2. The van der Waals surface area contributed by atoms with Crippen molar-refractivity contribution in [3.63, 3.8) is 0 Å². The van der Waals surface area contributed by atoms with Crippen LogP contribution in [0.1, 0.15) is 30.1 Å². The topological polar surface area (TPSA) is 105 Å². The highest BCUT2D eigenvalue weighted by Crippen LogP contribution is 2.15. The molecular weight excluding hydrogens is 300 g/mol. The molecule has 0 radical (unpaired) electrons. The number of imide groups is 1. The van der Waals surface area contributed by atoms with Gasteiger partial charge in [0.15, 0.2) is 0 Å². The Balaban J connectivity index is 1.82. The summed E-state index contributed by atoms with van der Waals surface area (Å²) >= 11 is 0. The molecule has 124 valence electrons. The van der Waals surface area contributed by atoms with Gasteiger partial charge in [-0.05, 0) is 38.1 Å². The van der Waals surface area contributed by atoms with Gasteiger partial charge in [-0.25, -0.2) is 4.79 Å². The molecule has 0 unspecified atom stereocenters. The van der Waals surface area contributed by atoms with Crippen LogP contribution in [0.2, 0.25) is 0 Å². The number of rotatable bonds is 5. The van der Waals surface area contributed by atoms with Crippen molar-refractivity contribution in [2.75, 3.05) is 19.6 Å². The van der Waals surface area contributed by atoms with Gasteiger partial charge in [0.2, 0.25) is 0 Å². The molecule has 23 heavy (non-hydrogen) atoms. The van der Waals surface area contributed by atoms with Crippen LogP contribution < -0.4 is 10.6 Å². The molecule has 1 aliphatic rings. The number of carbonyl (C=O) groups is 2. The summed E-state index contributed by atoms with van der Waals surface area (Å²) in [4.78, 5) is 36.0. The minimum Gasteiger partial charge on any atom is -0.336 e. The monoisotopic (exact) mass is 320 g/mol. The van der Waals surface area contributed by atoms with Gasteiger partial charge in [-0.1, -0.05) is 6.92 Å². The van der Waals surface area contributed by atoms with Crippen LogP contribution in [0, 0.1) is 10.1 Å². The fraction of sp³-hybridized carbons (Fsp3) is 0.467. The van der Waals surface area contributed by atoms with Crippen molar-refractivity contribution in [2.24, 2.45) is 0 Å². The first kappa shape index (κ1) is 16.9. The highest BCUT2D eigenvalue weighted by Gasteiger charge is 2.23. The predicted molar refractivity (Wildman–Crippen MR) is 84.2 cm³/mol. The number of urea groups is 1. The van der Waals surface area contributed by atoms with Crippen molar-refractivity contribution < 1.29 is 14.5 Å². The van der Waals surface area contributed by atoms with E-state index in [0.717, 1.165) is 25.9 Å². The van der Waals surface area contributed by atoms with Gasteiger partial charge in [-0.2, -0.15) is 0 Å². The van der Waals surface area contributed by atoms with Crippen molar-refractivity contribution in [2.45, 2.75) is 25.8 Å². The highest BCUT2D eigenvalue weighted by atomic mass is 16.6. The third kappa shape index (κ3) is 4.49. The van der Waals surface area contributed by atoms with Gasteiger partial charge >= 0.3 is 6.03 Å². The summed E-state index contributed by atoms with van der Waals surface area (Å²) < 4.78 is 0. The molecule has 2 rings (SSSR count). The number of hydrogen-bond acceptors (Lipinski definition) is 5. The number of nitrogens with zero attached hydrogens (tertiary/aromatic N) is 2. The quantitative estimate of drug-likeness (QED) is 0.632. The minimum absolute atomic E-state index is 0.105. The standard InChI is InChI=1S/C15H20N4O4/c1-2-18-9-3-4-13(18)10-16-15(21)17-14(20)11-5-7-12(8-6-11)19(22)23/h5-8,13H,2-4,9-10H2,1H3,(H2,16,17,20,21)/t13-/m0/s1. The molecule has 0 aromatic heterocycles. The van der Waals surface area contributed by atoms with Crippen LogP contribution in [0.15, 0.2) is 24.3 Å². The third-order valence-electron chi connectivity index (χ3n) is 3.97. The van der Waals surface area contributed by atoms with Crippen molar-refractivity contribution >= 4 is 17.6 Å². The van der Waals surface area contributed by atoms with Crippen LogP contribution in [0.3, 0.4) is 0 Å². The summed E-state index contributed by atoms with van der Waals surface area (Å²) in [6.07, 6.45) is 2.15. The van der Waals surface area contributed by atoms with Crippen molar-refractivity contribution in [3.05, 3.63) is 39.9 Å². The number of nitro groups is 1. The molecule has 0 spiro atoms. The van der Waals surface area contributed by atoms with Crippen molar-refractivity contribution in [1.29, 1.82) is 0 Å². The SMILES string of the molecule is CCN1CCC[C@H]1CNC(=O)NC(=O)c1ccc([N+](=O)[O-])cc1. The van der Waals surface area contributed by atoms with Gasteiger partial charge in [0.25, 0.3) is 11.6 Å². The number of non-ortho nitro benzene ring substituents is 1. The van der Waals surface area contributed by atoms with Crippen LogP contribution in [-0.4, -0.2) is 47.4 Å². The number of likely N-dealkylation sites (N-methyl/N-ethyl adjacent to an activating group) is 1. The average molecular weight is 320 g/mol. The molecule has 0 bridgehead atoms. The van der Waals surface area contributed by atoms with E-state index in [2.05, 4.69) is 22.5 Å². The van der Waals surface area contributed by atoms with E-state index in [0.29, 0.717) is 12.6 Å². The van der Waals surface area contributed by atoms with E-state index in [1.807, 2.05) is 0 Å². The third-order valence-corrected chi connectivity index (χ3v) is 3.97. The molecule has 1 saturated heterocycles. The van der Waals surface area contributed by atoms with Gasteiger partial charge in [0, 0.05) is 30.3 Å². The lowest BCUT2D eigenvalue weighted by Gasteiger charge is -2.22. The average Bonchev–Trinajstić information content (AvgIpc) is 3.00. The predicted octanol–water partition coefficient (Wildman–Crippen LogP) is 1.52. The summed E-state index contributed by atoms with van der Waals surface area (Å²) in [5.41, 5.74) is 0.0914. The normalized spacial score (nSPS) is 17.7. The van der Waals surface area contributed by atoms with Crippen LogP contribution in [0.25, 0.3) is 0 Å². The molecule has 1 aromatic carbocycles. The molecule has 0 aliphatic carbocycles. The second-order valence-corrected chi connectivity index (χ2v) is 5.39. The van der Waals surface area contributed by atoms with Crippen LogP contribution in [-0.2, 0) is 0 Å². The van der Waals surface area contributed by atoms with Gasteiger partial charge in [-0.3, -0.25) is 25.1 Å². The molecule has 2 N–H and O–H groups in total. The Hall–Kier alpha value is -2.48. The summed E-state index contributed by atoms with van der Waals surface area (Å²) in [7, 11) is 0. The molecule has 1 aliphatic heterocycles. The van der Waals surface area contributed by atoms with Crippen LogP contribution in [0.4, 0.5) is 10.5 Å². The van der Waals surface area contributed by atoms with Crippen molar-refractivity contribution in [3.8, 4) is 0 Å². The lowest BCUT2D eigenvalue weighted by molar-refractivity contribution is -0.384. The van der Waals surface area contributed by atoms with Crippen LogP contribution >= 0.6 is 0 Å². The van der Waals surface area contributed by atoms with Gasteiger partial charge in [0.05, 0.1) is 4.92 Å². The van der Waals surface area contributed by atoms with Gasteiger partial charge in [0.1, 0.15) is 0 Å². The number of carbonyl (C=O) groups excluding carboxylic acids is 2. The van der Waals surface area contributed by atoms with E-state index in [-0.39, 0.29) is 11.3 Å². The number of benzene rings is 1. The molecule has 1 fully saturated rings. The molecule has 1 heterocycles. The molecule has 8 nitrogen and oxygen atoms in total. The first-order valence-electron chi connectivity index (χ1n) is 7.59. The molecule has 1 atom stereocenters. The first-order valence-corrected chi connectivity index (χ1v) is 7.59. The number of amides is 3. The molecule has 0 saturated carbocycles. The molecular formula is C15H20N4O4. The summed E-state index contributed by atoms with van der Waals surface area (Å²) in [6.45, 7) is 4.55. The second kappa shape index (κ2) is 7.68. The van der Waals surface area contributed by atoms with E-state index in [1.54, 1.807) is 0 Å². The maximum atomic E-state index is 11.9. The van der Waals surface area contributed by atoms with E-state index >= 15 is 0 Å². The van der Waals surface area contributed by atoms with Crippen LogP contribution in [0.5, 0.6) is 0 Å². The largest absolute Gasteiger partial charge is 0.336 e. The minimum atomic E-state index is -0.587.